The van der Waals surface area contributed by atoms with Crippen molar-refractivity contribution in [1.82, 2.24) is 10.1 Å². The summed E-state index contributed by atoms with van der Waals surface area (Å²) in [4.78, 5) is 34.8. The number of anilines is 1. The van der Waals surface area contributed by atoms with E-state index in [-0.39, 0.29) is 31.7 Å². The van der Waals surface area contributed by atoms with Gasteiger partial charge in [-0.15, -0.1) is 0 Å². The van der Waals surface area contributed by atoms with Crippen LogP contribution in [-0.2, 0) is 14.4 Å². The molecule has 0 atom stereocenters. The number of likely N-dealkylation sites (N-methyl/N-ethyl adjacent to an activating group) is 1. The smallest absolute Gasteiger partial charge is 0.303 e. The van der Waals surface area contributed by atoms with E-state index in [4.69, 9.17) is 9.63 Å². The maximum atomic E-state index is 11.6. The summed E-state index contributed by atoms with van der Waals surface area (Å²) in [7, 11) is 1.48. The molecule has 8 heteroatoms. The van der Waals surface area contributed by atoms with Crippen LogP contribution in [0.5, 0.6) is 0 Å². The van der Waals surface area contributed by atoms with Gasteiger partial charge in [0.2, 0.25) is 11.8 Å². The monoisotopic (exact) mass is 283 g/mol. The second-order valence-electron chi connectivity index (χ2n) is 4.37. The Bertz CT molecular complexity index is 497. The van der Waals surface area contributed by atoms with Gasteiger partial charge in [-0.3, -0.25) is 14.4 Å². The summed E-state index contributed by atoms with van der Waals surface area (Å²) in [6.45, 7) is 1.57. The Labute approximate surface area is 115 Å². The Morgan fingerprint density at radius 2 is 2.10 bits per heavy atom. The molecule has 0 spiro atoms. The maximum Gasteiger partial charge on any atom is 0.303 e. The van der Waals surface area contributed by atoms with Gasteiger partial charge in [-0.05, 0) is 13.3 Å². The fraction of sp³-hybridized carbons (Fsp3) is 0.500. The van der Waals surface area contributed by atoms with Crippen LogP contribution in [0.25, 0.3) is 0 Å². The molecule has 110 valence electrons. The number of carbonyl (C=O) groups is 3. The molecule has 0 aliphatic carbocycles. The molecule has 1 aromatic rings. The van der Waals surface area contributed by atoms with E-state index in [1.165, 1.54) is 11.9 Å². The largest absolute Gasteiger partial charge is 0.481 e. The van der Waals surface area contributed by atoms with Crippen LogP contribution in [0.4, 0.5) is 5.82 Å². The summed E-state index contributed by atoms with van der Waals surface area (Å²) < 4.78 is 4.79. The van der Waals surface area contributed by atoms with Crippen LogP contribution in [-0.4, -0.2) is 46.5 Å². The lowest BCUT2D eigenvalue weighted by Gasteiger charge is -2.15. The average molecular weight is 283 g/mol. The van der Waals surface area contributed by atoms with Crippen LogP contribution < -0.4 is 5.32 Å². The number of carboxylic acids is 1. The third kappa shape index (κ3) is 5.51. The molecule has 2 N–H and O–H groups in total. The molecule has 20 heavy (non-hydrogen) atoms. The molecule has 1 rings (SSSR count). The lowest BCUT2D eigenvalue weighted by molar-refractivity contribution is -0.137. The Hall–Kier alpha value is -2.38. The number of carboxylic acid groups (broad SMARTS) is 1. The average Bonchev–Trinajstić information content (AvgIpc) is 2.73. The Kier molecular flexibility index (Phi) is 5.70. The van der Waals surface area contributed by atoms with Gasteiger partial charge >= 0.3 is 5.97 Å². The normalized spacial score (nSPS) is 10.1. The van der Waals surface area contributed by atoms with Gasteiger partial charge in [0.05, 0.1) is 6.54 Å². The van der Waals surface area contributed by atoms with E-state index in [1.807, 2.05) is 0 Å². The van der Waals surface area contributed by atoms with Gasteiger partial charge in [-0.1, -0.05) is 5.16 Å². The van der Waals surface area contributed by atoms with Gasteiger partial charge < -0.3 is 19.8 Å². The van der Waals surface area contributed by atoms with Gasteiger partial charge in [0, 0.05) is 26.0 Å². The molecule has 0 saturated carbocycles. The van der Waals surface area contributed by atoms with E-state index in [1.54, 1.807) is 13.0 Å². The summed E-state index contributed by atoms with van der Waals surface area (Å²) in [6, 6.07) is 1.56. The van der Waals surface area contributed by atoms with Crippen molar-refractivity contribution in [3.8, 4) is 0 Å². The van der Waals surface area contributed by atoms with Crippen molar-refractivity contribution in [3.05, 3.63) is 11.8 Å². The lowest BCUT2D eigenvalue weighted by Crippen LogP contribution is -2.34. The zero-order valence-electron chi connectivity index (χ0n) is 11.4. The minimum absolute atomic E-state index is 0.0655. The fourth-order valence-electron chi connectivity index (χ4n) is 1.49. The summed E-state index contributed by atoms with van der Waals surface area (Å²) in [5, 5.41) is 14.6. The predicted octanol–water partition coefficient (Wildman–Crippen LogP) is 0.635. The van der Waals surface area contributed by atoms with E-state index < -0.39 is 11.9 Å². The van der Waals surface area contributed by atoms with Crippen LogP contribution in [0.2, 0.25) is 0 Å². The van der Waals surface area contributed by atoms with Crippen molar-refractivity contribution in [2.75, 3.05) is 18.9 Å². The molecule has 0 fully saturated rings. The standard InChI is InChI=1S/C12H17N3O5/c1-8-6-9(14-20-8)13-10(16)7-15(2)11(17)4-3-5-12(18)19/h6H,3-5,7H2,1-2H3,(H,18,19)(H,13,14,16). The number of carbonyl (C=O) groups excluding carboxylic acids is 2. The molecule has 1 heterocycles. The number of nitrogens with zero attached hydrogens (tertiary/aromatic N) is 2. The Morgan fingerprint density at radius 1 is 1.40 bits per heavy atom. The first-order valence-electron chi connectivity index (χ1n) is 6.07. The molecule has 1 aromatic heterocycles. The fourth-order valence-corrected chi connectivity index (χ4v) is 1.49. The third-order valence-corrected chi connectivity index (χ3v) is 2.48. The molecule has 0 saturated heterocycles. The van der Waals surface area contributed by atoms with E-state index in [0.717, 1.165) is 0 Å². The quantitative estimate of drug-likeness (QED) is 0.759. The van der Waals surface area contributed by atoms with Crippen molar-refractivity contribution in [2.45, 2.75) is 26.2 Å². The van der Waals surface area contributed by atoms with Crippen LogP contribution in [0, 0.1) is 6.92 Å². The molecule has 2 amide bonds. The summed E-state index contributed by atoms with van der Waals surface area (Å²) >= 11 is 0. The first-order valence-corrected chi connectivity index (χ1v) is 6.07. The number of rotatable bonds is 7. The molecule has 0 unspecified atom stereocenters. The molecule has 8 nitrogen and oxygen atoms in total. The van der Waals surface area contributed by atoms with Gasteiger partial charge in [-0.25, -0.2) is 0 Å². The molecular formula is C12H17N3O5. The minimum Gasteiger partial charge on any atom is -0.481 e. The molecule has 0 bridgehead atoms. The zero-order chi connectivity index (χ0) is 15.1. The first-order chi connectivity index (χ1) is 9.38. The van der Waals surface area contributed by atoms with E-state index in [9.17, 15) is 14.4 Å². The van der Waals surface area contributed by atoms with E-state index in [2.05, 4.69) is 10.5 Å². The van der Waals surface area contributed by atoms with Crippen molar-refractivity contribution in [3.63, 3.8) is 0 Å². The lowest BCUT2D eigenvalue weighted by atomic mass is 10.2. The highest BCUT2D eigenvalue weighted by Crippen LogP contribution is 2.07. The summed E-state index contributed by atoms with van der Waals surface area (Å²) in [5.41, 5.74) is 0. The van der Waals surface area contributed by atoms with Crippen LogP contribution in [0.3, 0.4) is 0 Å². The van der Waals surface area contributed by atoms with Crippen molar-refractivity contribution in [2.24, 2.45) is 0 Å². The number of aromatic nitrogens is 1. The SMILES string of the molecule is Cc1cc(NC(=O)CN(C)C(=O)CCCC(=O)O)no1. The zero-order valence-corrected chi connectivity index (χ0v) is 11.4. The van der Waals surface area contributed by atoms with Crippen molar-refractivity contribution >= 4 is 23.6 Å². The van der Waals surface area contributed by atoms with Crippen LogP contribution in [0.15, 0.2) is 10.6 Å². The van der Waals surface area contributed by atoms with E-state index >= 15 is 0 Å². The highest BCUT2D eigenvalue weighted by molar-refractivity contribution is 5.93. The predicted molar refractivity (Wildman–Crippen MR) is 69.0 cm³/mol. The van der Waals surface area contributed by atoms with E-state index in [0.29, 0.717) is 11.6 Å². The number of nitrogens with one attached hydrogen (secondary N) is 1. The molecule has 0 aromatic carbocycles. The topological polar surface area (TPSA) is 113 Å². The van der Waals surface area contributed by atoms with Crippen LogP contribution >= 0.6 is 0 Å². The van der Waals surface area contributed by atoms with Gasteiger partial charge in [0.1, 0.15) is 5.76 Å². The third-order valence-electron chi connectivity index (χ3n) is 2.48. The summed E-state index contributed by atoms with van der Waals surface area (Å²) in [5.74, 6) is -0.762. The van der Waals surface area contributed by atoms with Gasteiger partial charge in [-0.2, -0.15) is 0 Å². The van der Waals surface area contributed by atoms with Crippen LogP contribution in [0.1, 0.15) is 25.0 Å². The van der Waals surface area contributed by atoms with Crippen molar-refractivity contribution < 1.29 is 24.0 Å². The molecule has 0 radical (unpaired) electrons. The maximum absolute atomic E-state index is 11.6. The highest BCUT2D eigenvalue weighted by atomic mass is 16.5. The Balaban J connectivity index is 2.33. The first kappa shape index (κ1) is 15.7. The number of hydrogen-bond donors (Lipinski definition) is 2. The van der Waals surface area contributed by atoms with Crippen molar-refractivity contribution in [1.29, 1.82) is 0 Å². The minimum atomic E-state index is -0.945. The van der Waals surface area contributed by atoms with Gasteiger partial charge in [0.15, 0.2) is 5.82 Å². The number of aliphatic carboxylic acids is 1. The molecular weight excluding hydrogens is 266 g/mol. The molecule has 0 aliphatic heterocycles. The summed E-state index contributed by atoms with van der Waals surface area (Å²) in [6.07, 6.45) is 0.283. The second kappa shape index (κ2) is 7.27. The Morgan fingerprint density at radius 3 is 2.65 bits per heavy atom. The number of amides is 2. The van der Waals surface area contributed by atoms with Gasteiger partial charge in [0.25, 0.3) is 0 Å². The number of aryl methyl sites for hydroxylation is 1. The molecule has 0 aliphatic rings. The number of hydrogen-bond acceptors (Lipinski definition) is 5. The second-order valence-corrected chi connectivity index (χ2v) is 4.37. The highest BCUT2D eigenvalue weighted by Gasteiger charge is 2.14.